The molecule has 7 nitrogen and oxygen atoms in total. The molecule has 4 rings (SSSR count). The fourth-order valence-corrected chi connectivity index (χ4v) is 4.82. The van der Waals surface area contributed by atoms with Gasteiger partial charge in [-0.2, -0.15) is 5.10 Å². The summed E-state index contributed by atoms with van der Waals surface area (Å²) in [5, 5.41) is 21.8. The normalized spacial score (nSPS) is 27.9. The summed E-state index contributed by atoms with van der Waals surface area (Å²) in [5.41, 5.74) is 1.31. The van der Waals surface area contributed by atoms with Crippen LogP contribution in [0, 0.1) is 0 Å². The van der Waals surface area contributed by atoms with Crippen molar-refractivity contribution in [2.75, 3.05) is 32.8 Å². The molecule has 2 N–H and O–H groups in total. The molecule has 0 radical (unpaired) electrons. The molecule has 1 aromatic heterocycles. The summed E-state index contributed by atoms with van der Waals surface area (Å²) in [6, 6.07) is 13.9. The lowest BCUT2D eigenvalue weighted by Gasteiger charge is -2.37. The zero-order chi connectivity index (χ0) is 20.8. The van der Waals surface area contributed by atoms with Gasteiger partial charge in [-0.25, -0.2) is 0 Å². The Morgan fingerprint density at radius 3 is 2.63 bits per heavy atom. The third kappa shape index (κ3) is 4.69. The van der Waals surface area contributed by atoms with Crippen LogP contribution >= 0.6 is 0 Å². The molecule has 2 aliphatic rings. The minimum Gasteiger partial charge on any atom is -0.391 e. The summed E-state index contributed by atoms with van der Waals surface area (Å²) in [7, 11) is 0. The molecule has 0 bridgehead atoms. The number of aliphatic hydroxyl groups excluding tert-OH is 1. The Bertz CT molecular complexity index is 814. The van der Waals surface area contributed by atoms with E-state index in [1.54, 1.807) is 18.3 Å². The first-order valence-electron chi connectivity index (χ1n) is 10.8. The highest BCUT2D eigenvalue weighted by molar-refractivity contribution is 5.92. The van der Waals surface area contributed by atoms with Crippen LogP contribution in [0.4, 0.5) is 0 Å². The lowest BCUT2D eigenvalue weighted by atomic mass is 9.74. The van der Waals surface area contributed by atoms with E-state index in [4.69, 9.17) is 4.74 Å². The first-order valence-corrected chi connectivity index (χ1v) is 10.8. The van der Waals surface area contributed by atoms with Gasteiger partial charge in [0.15, 0.2) is 5.69 Å². The predicted molar refractivity (Wildman–Crippen MR) is 113 cm³/mol. The first-order chi connectivity index (χ1) is 14.7. The first kappa shape index (κ1) is 20.9. The number of morpholine rings is 1. The SMILES string of the molecule is O=C(NC[C@]1(c2ccccc2)CC[C@H](O)[C@@H](N2CCOCC2)CC1)c1cccnn1. The Morgan fingerprint density at radius 1 is 1.13 bits per heavy atom. The molecule has 30 heavy (non-hydrogen) atoms. The second-order valence-electron chi connectivity index (χ2n) is 8.30. The average Bonchev–Trinajstić information content (AvgIpc) is 2.99. The van der Waals surface area contributed by atoms with Gasteiger partial charge in [-0.3, -0.25) is 9.69 Å². The maximum Gasteiger partial charge on any atom is 0.271 e. The minimum atomic E-state index is -0.371. The smallest absolute Gasteiger partial charge is 0.271 e. The Morgan fingerprint density at radius 2 is 1.90 bits per heavy atom. The van der Waals surface area contributed by atoms with E-state index in [2.05, 4.69) is 32.5 Å². The second kappa shape index (κ2) is 9.64. The molecule has 2 heterocycles. The number of aromatic nitrogens is 2. The molecule has 0 unspecified atom stereocenters. The topological polar surface area (TPSA) is 87.6 Å². The molecule has 1 amide bonds. The molecule has 1 saturated carbocycles. The molecular weight excluding hydrogens is 380 g/mol. The van der Waals surface area contributed by atoms with Crippen LogP contribution in [0.5, 0.6) is 0 Å². The van der Waals surface area contributed by atoms with Gasteiger partial charge in [0.1, 0.15) is 0 Å². The van der Waals surface area contributed by atoms with E-state index in [-0.39, 0.29) is 23.5 Å². The van der Waals surface area contributed by atoms with Gasteiger partial charge in [0, 0.05) is 37.3 Å². The Kier molecular flexibility index (Phi) is 6.72. The number of aliphatic hydroxyl groups is 1. The quantitative estimate of drug-likeness (QED) is 0.731. The van der Waals surface area contributed by atoms with Crippen LogP contribution in [0.1, 0.15) is 41.7 Å². The number of amides is 1. The van der Waals surface area contributed by atoms with Crippen LogP contribution < -0.4 is 5.32 Å². The third-order valence-electron chi connectivity index (χ3n) is 6.57. The number of hydrogen-bond donors (Lipinski definition) is 2. The van der Waals surface area contributed by atoms with Gasteiger partial charge in [0.05, 0.1) is 19.3 Å². The Hall–Kier alpha value is -2.35. The van der Waals surface area contributed by atoms with E-state index in [9.17, 15) is 9.90 Å². The monoisotopic (exact) mass is 410 g/mol. The van der Waals surface area contributed by atoms with E-state index in [1.807, 2.05) is 18.2 Å². The van der Waals surface area contributed by atoms with Crippen molar-refractivity contribution in [3.63, 3.8) is 0 Å². The number of hydrogen-bond acceptors (Lipinski definition) is 6. The predicted octanol–water partition coefficient (Wildman–Crippen LogP) is 1.78. The van der Waals surface area contributed by atoms with Crippen LogP contribution in [-0.4, -0.2) is 71.1 Å². The molecule has 7 heteroatoms. The van der Waals surface area contributed by atoms with E-state index < -0.39 is 0 Å². The van der Waals surface area contributed by atoms with Crippen molar-refractivity contribution in [3.8, 4) is 0 Å². The van der Waals surface area contributed by atoms with Gasteiger partial charge in [-0.05, 0) is 43.4 Å². The number of carbonyl (C=O) groups is 1. The van der Waals surface area contributed by atoms with Crippen molar-refractivity contribution < 1.29 is 14.6 Å². The number of benzene rings is 1. The lowest BCUT2D eigenvalue weighted by Crippen LogP contribution is -2.48. The molecule has 1 aliphatic heterocycles. The summed E-state index contributed by atoms with van der Waals surface area (Å²) in [6.07, 6.45) is 4.50. The van der Waals surface area contributed by atoms with Crippen LogP contribution in [0.15, 0.2) is 48.7 Å². The molecule has 1 aliphatic carbocycles. The molecule has 1 aromatic carbocycles. The van der Waals surface area contributed by atoms with Gasteiger partial charge in [0.2, 0.25) is 0 Å². The third-order valence-corrected chi connectivity index (χ3v) is 6.57. The zero-order valence-corrected chi connectivity index (χ0v) is 17.2. The molecular formula is C23H30N4O3. The van der Waals surface area contributed by atoms with Gasteiger partial charge >= 0.3 is 0 Å². The van der Waals surface area contributed by atoms with Crippen LogP contribution in [-0.2, 0) is 10.2 Å². The molecule has 160 valence electrons. The molecule has 2 aromatic rings. The summed E-state index contributed by atoms with van der Waals surface area (Å²) in [5.74, 6) is -0.215. The highest BCUT2D eigenvalue weighted by Crippen LogP contribution is 2.39. The number of carbonyl (C=O) groups excluding carboxylic acids is 1. The van der Waals surface area contributed by atoms with Crippen molar-refractivity contribution in [1.29, 1.82) is 0 Å². The van der Waals surface area contributed by atoms with Crippen molar-refractivity contribution in [1.82, 2.24) is 20.4 Å². The number of rotatable bonds is 5. The summed E-state index contributed by atoms with van der Waals surface area (Å²) < 4.78 is 5.49. The van der Waals surface area contributed by atoms with Crippen LogP contribution in [0.2, 0.25) is 0 Å². The molecule has 2 fully saturated rings. The Balaban J connectivity index is 1.53. The van der Waals surface area contributed by atoms with E-state index in [0.29, 0.717) is 18.7 Å². The van der Waals surface area contributed by atoms with Crippen molar-refractivity contribution >= 4 is 5.91 Å². The Labute approximate surface area is 177 Å². The zero-order valence-electron chi connectivity index (χ0n) is 17.2. The number of nitrogens with zero attached hydrogens (tertiary/aromatic N) is 3. The summed E-state index contributed by atoms with van der Waals surface area (Å²) in [6.45, 7) is 3.68. The maximum absolute atomic E-state index is 12.6. The van der Waals surface area contributed by atoms with Gasteiger partial charge in [-0.1, -0.05) is 30.3 Å². The fourth-order valence-electron chi connectivity index (χ4n) is 4.82. The lowest BCUT2D eigenvalue weighted by molar-refractivity contribution is -0.0236. The number of ether oxygens (including phenoxy) is 1. The minimum absolute atomic E-state index is 0.134. The van der Waals surface area contributed by atoms with E-state index in [0.717, 1.165) is 45.6 Å². The van der Waals surface area contributed by atoms with Crippen LogP contribution in [0.25, 0.3) is 0 Å². The maximum atomic E-state index is 12.6. The second-order valence-corrected chi connectivity index (χ2v) is 8.30. The van der Waals surface area contributed by atoms with Gasteiger partial charge < -0.3 is 15.2 Å². The molecule has 3 atom stereocenters. The van der Waals surface area contributed by atoms with Crippen molar-refractivity contribution in [3.05, 3.63) is 59.9 Å². The standard InChI is InChI=1S/C23H30N4O3/c28-21-9-11-23(18-5-2-1-3-6-18,10-8-20(21)27-13-15-30-16-14-27)17-24-22(29)19-7-4-12-25-26-19/h1-7,12,20-21,28H,8-11,13-17H2,(H,24,29)/t20-,21-,23+/m0/s1. The van der Waals surface area contributed by atoms with Gasteiger partial charge in [-0.15, -0.1) is 5.10 Å². The highest BCUT2D eigenvalue weighted by atomic mass is 16.5. The van der Waals surface area contributed by atoms with Crippen LogP contribution in [0.3, 0.4) is 0 Å². The summed E-state index contributed by atoms with van der Waals surface area (Å²) >= 11 is 0. The summed E-state index contributed by atoms with van der Waals surface area (Å²) in [4.78, 5) is 15.0. The van der Waals surface area contributed by atoms with E-state index >= 15 is 0 Å². The number of nitrogens with one attached hydrogen (secondary N) is 1. The van der Waals surface area contributed by atoms with Gasteiger partial charge in [0.25, 0.3) is 5.91 Å². The van der Waals surface area contributed by atoms with Crippen molar-refractivity contribution in [2.24, 2.45) is 0 Å². The van der Waals surface area contributed by atoms with Crippen molar-refractivity contribution in [2.45, 2.75) is 43.2 Å². The molecule has 0 spiro atoms. The van der Waals surface area contributed by atoms with E-state index in [1.165, 1.54) is 5.56 Å². The molecule has 1 saturated heterocycles. The largest absolute Gasteiger partial charge is 0.391 e. The highest BCUT2D eigenvalue weighted by Gasteiger charge is 2.40. The fraction of sp³-hybridized carbons (Fsp3) is 0.522. The average molecular weight is 411 g/mol.